The fourth-order valence-corrected chi connectivity index (χ4v) is 8.27. The minimum atomic E-state index is -1.43. The number of hydrogen-bond donors (Lipinski definition) is 3. The predicted molar refractivity (Wildman–Crippen MR) is 252 cm³/mol. The lowest BCUT2D eigenvalue weighted by atomic mass is 9.73. The van der Waals surface area contributed by atoms with Crippen molar-refractivity contribution in [3.8, 4) is 0 Å². The molecule has 10 atom stereocenters. The highest BCUT2D eigenvalue weighted by atomic mass is 16.6. The zero-order chi connectivity index (χ0) is 46.9. The summed E-state index contributed by atoms with van der Waals surface area (Å²) in [6.07, 6.45) is 28.8. The van der Waals surface area contributed by atoms with Crippen LogP contribution in [0.5, 0.6) is 0 Å². The van der Waals surface area contributed by atoms with Crippen LogP contribution >= 0.6 is 0 Å². The molecule has 3 heterocycles. The molecular formula is C53H82O11. The van der Waals surface area contributed by atoms with Crippen LogP contribution in [0.4, 0.5) is 0 Å². The minimum Gasteiger partial charge on any atom is -0.465 e. The van der Waals surface area contributed by atoms with Crippen molar-refractivity contribution in [2.75, 3.05) is 13.2 Å². The molecule has 0 aromatic heterocycles. The highest BCUT2D eigenvalue weighted by Gasteiger charge is 2.50. The zero-order valence-corrected chi connectivity index (χ0v) is 39.9. The van der Waals surface area contributed by atoms with E-state index in [2.05, 4.69) is 19.6 Å². The lowest BCUT2D eigenvalue weighted by Crippen LogP contribution is -2.55. The topological polar surface area (TPSA) is 158 Å². The Morgan fingerprint density at radius 2 is 1.66 bits per heavy atom. The average Bonchev–Trinajstić information content (AvgIpc) is 3.25. The summed E-state index contributed by atoms with van der Waals surface area (Å²) in [5.74, 6) is -1.48. The second-order valence-corrected chi connectivity index (χ2v) is 18.8. The molecule has 2 saturated heterocycles. The van der Waals surface area contributed by atoms with E-state index in [1.807, 2.05) is 71.1 Å². The summed E-state index contributed by atoms with van der Waals surface area (Å²) in [4.78, 5) is 39.3. The van der Waals surface area contributed by atoms with Crippen molar-refractivity contribution < 1.29 is 53.4 Å². The quantitative estimate of drug-likeness (QED) is 0.0411. The number of esters is 3. The monoisotopic (exact) mass is 895 g/mol. The van der Waals surface area contributed by atoms with Crippen molar-refractivity contribution in [2.24, 2.45) is 17.3 Å². The number of unbranched alkanes of at least 4 members (excludes halogenated alkanes) is 8. The second-order valence-electron chi connectivity index (χ2n) is 18.8. The van der Waals surface area contributed by atoms with Gasteiger partial charge in [0.2, 0.25) is 0 Å². The molecule has 3 aliphatic heterocycles. The standard InChI is InChI=1S/C53H82O11/c1-8-9-10-11-12-13-14-15-21-30-50(57)61-37-53(7)48(29-24-23-28-44(54)52(59)60-36-40(5)45(55)32-38(2)3)63-43-27-19-16-18-25-39(4)33-47-41(6)46(56)34-42(62-47)26-20-17-22-31-51(58)64-49(53)35-43/h17-20,22-25,27,31,33,38,41-49,54-56H,5,8-16,21,26,28-30,32,34-37H2,1-4,6-7H3. The van der Waals surface area contributed by atoms with Gasteiger partial charge in [-0.25, -0.2) is 9.59 Å². The number of carbonyl (C=O) groups excluding carboxylic acids is 3. The van der Waals surface area contributed by atoms with E-state index >= 15 is 0 Å². The Morgan fingerprint density at radius 3 is 2.38 bits per heavy atom. The van der Waals surface area contributed by atoms with Crippen LogP contribution in [-0.2, 0) is 38.1 Å². The first-order valence-corrected chi connectivity index (χ1v) is 24.2. The van der Waals surface area contributed by atoms with E-state index in [4.69, 9.17) is 23.7 Å². The van der Waals surface area contributed by atoms with Crippen molar-refractivity contribution in [2.45, 2.75) is 200 Å². The van der Waals surface area contributed by atoms with E-state index < -0.39 is 54.0 Å². The van der Waals surface area contributed by atoms with Crippen LogP contribution in [-0.4, -0.2) is 95.3 Å². The highest BCUT2D eigenvalue weighted by molar-refractivity contribution is 5.82. The lowest BCUT2D eigenvalue weighted by Gasteiger charge is -2.47. The zero-order valence-electron chi connectivity index (χ0n) is 39.9. The van der Waals surface area contributed by atoms with Crippen LogP contribution in [0.25, 0.3) is 0 Å². The number of fused-ring (bicyclic) bond motifs is 4. The SMILES string of the molecule is C=C(COC(=O)C(O)CC=CCC1OC2C=CCC=CC(C)=CC3OC(CC=CC=CC(=O)OC(C2)C1(C)COC(=O)CCCCCCCCCCC)CC(O)C3C)C(O)CC(C)C. The van der Waals surface area contributed by atoms with Gasteiger partial charge >= 0.3 is 17.9 Å². The van der Waals surface area contributed by atoms with Gasteiger partial charge in [0.05, 0.1) is 42.0 Å². The molecule has 2 fully saturated rings. The number of aliphatic hydroxyl groups excluding tert-OH is 3. The summed E-state index contributed by atoms with van der Waals surface area (Å²) in [5, 5.41) is 31.7. The van der Waals surface area contributed by atoms with Crippen LogP contribution in [0.15, 0.2) is 84.6 Å². The van der Waals surface area contributed by atoms with E-state index in [0.717, 1.165) is 24.8 Å². The van der Waals surface area contributed by atoms with Crippen molar-refractivity contribution in [1.29, 1.82) is 0 Å². The van der Waals surface area contributed by atoms with E-state index in [-0.39, 0.29) is 49.6 Å². The van der Waals surface area contributed by atoms with E-state index in [1.165, 1.54) is 44.6 Å². The molecule has 0 spiro atoms. The normalized spacial score (nSPS) is 27.8. The molecule has 0 radical (unpaired) electrons. The van der Waals surface area contributed by atoms with Gasteiger partial charge < -0.3 is 39.0 Å². The molecule has 0 amide bonds. The maximum Gasteiger partial charge on any atom is 0.335 e. The largest absolute Gasteiger partial charge is 0.465 e. The van der Waals surface area contributed by atoms with Gasteiger partial charge in [0.1, 0.15) is 19.3 Å². The molecule has 3 N–H and O–H groups in total. The number of allylic oxidation sites excluding steroid dienone is 6. The molecule has 0 aliphatic carbocycles. The predicted octanol–water partition coefficient (Wildman–Crippen LogP) is 9.85. The molecule has 360 valence electrons. The lowest BCUT2D eigenvalue weighted by molar-refractivity contribution is -0.204. The van der Waals surface area contributed by atoms with E-state index in [1.54, 1.807) is 18.2 Å². The Labute approximate surface area is 384 Å². The number of carbonyl (C=O) groups is 3. The first-order chi connectivity index (χ1) is 30.6. The Kier molecular flexibility index (Phi) is 25.5. The van der Waals surface area contributed by atoms with Gasteiger partial charge in [-0.2, -0.15) is 0 Å². The first kappa shape index (κ1) is 54.7. The van der Waals surface area contributed by atoms with Crippen LogP contribution in [0, 0.1) is 17.3 Å². The number of rotatable bonds is 22. The third-order valence-electron chi connectivity index (χ3n) is 12.5. The molecule has 0 saturated carbocycles. The summed E-state index contributed by atoms with van der Waals surface area (Å²) in [7, 11) is 0. The third kappa shape index (κ3) is 20.3. The van der Waals surface area contributed by atoms with Gasteiger partial charge in [-0.3, -0.25) is 4.79 Å². The molecule has 4 bridgehead atoms. The van der Waals surface area contributed by atoms with Crippen molar-refractivity contribution >= 4 is 17.9 Å². The van der Waals surface area contributed by atoms with E-state index in [9.17, 15) is 29.7 Å². The smallest absolute Gasteiger partial charge is 0.335 e. The van der Waals surface area contributed by atoms with E-state index in [0.29, 0.717) is 50.5 Å². The Balaban J connectivity index is 1.79. The number of hydrogen-bond acceptors (Lipinski definition) is 11. The molecule has 0 aromatic carbocycles. The summed E-state index contributed by atoms with van der Waals surface area (Å²) in [6.45, 7) is 15.7. The summed E-state index contributed by atoms with van der Waals surface area (Å²) >= 11 is 0. The molecule has 0 aromatic rings. The first-order valence-electron chi connectivity index (χ1n) is 24.2. The molecule has 64 heavy (non-hydrogen) atoms. The van der Waals surface area contributed by atoms with Gasteiger partial charge in [-0.05, 0) is 50.5 Å². The van der Waals surface area contributed by atoms with Gasteiger partial charge in [-0.15, -0.1) is 0 Å². The second kappa shape index (κ2) is 29.8. The van der Waals surface area contributed by atoms with Crippen LogP contribution in [0.2, 0.25) is 0 Å². The van der Waals surface area contributed by atoms with Gasteiger partial charge in [0.25, 0.3) is 0 Å². The molecule has 10 unspecified atom stereocenters. The van der Waals surface area contributed by atoms with Gasteiger partial charge in [0.15, 0.2) is 6.10 Å². The highest BCUT2D eigenvalue weighted by Crippen LogP contribution is 2.42. The minimum absolute atomic E-state index is 0.0234. The fraction of sp³-hybridized carbons (Fsp3) is 0.679. The van der Waals surface area contributed by atoms with Crippen LogP contribution in [0.1, 0.15) is 151 Å². The molecule has 11 heteroatoms. The average molecular weight is 895 g/mol. The molecule has 11 nitrogen and oxygen atoms in total. The number of ether oxygens (including phenoxy) is 5. The number of aliphatic hydroxyl groups is 3. The maximum atomic E-state index is 13.5. The molecule has 3 aliphatic rings. The molecule has 3 rings (SSSR count). The summed E-state index contributed by atoms with van der Waals surface area (Å²) in [6, 6.07) is 0. The summed E-state index contributed by atoms with van der Waals surface area (Å²) in [5.41, 5.74) is 0.448. The fourth-order valence-electron chi connectivity index (χ4n) is 8.27. The van der Waals surface area contributed by atoms with Gasteiger partial charge in [0, 0.05) is 37.7 Å². The maximum absolute atomic E-state index is 13.5. The van der Waals surface area contributed by atoms with Crippen LogP contribution < -0.4 is 0 Å². The van der Waals surface area contributed by atoms with Gasteiger partial charge in [-0.1, -0.05) is 159 Å². The van der Waals surface area contributed by atoms with Crippen molar-refractivity contribution in [3.05, 3.63) is 84.6 Å². The van der Waals surface area contributed by atoms with Crippen LogP contribution in [0.3, 0.4) is 0 Å². The third-order valence-corrected chi connectivity index (χ3v) is 12.5. The Hall–Kier alpha value is -3.61. The summed E-state index contributed by atoms with van der Waals surface area (Å²) < 4.78 is 30.5. The van der Waals surface area contributed by atoms with Crippen molar-refractivity contribution in [1.82, 2.24) is 0 Å². The molecular weight excluding hydrogens is 813 g/mol. The Bertz CT molecular complexity index is 1610. The Morgan fingerprint density at radius 1 is 0.938 bits per heavy atom. The van der Waals surface area contributed by atoms with Crippen molar-refractivity contribution in [3.63, 3.8) is 0 Å².